The summed E-state index contributed by atoms with van der Waals surface area (Å²) >= 11 is 0. The van der Waals surface area contributed by atoms with Crippen LogP contribution in [-0.2, 0) is 0 Å². The van der Waals surface area contributed by atoms with Crippen LogP contribution in [0.25, 0.3) is 44.1 Å². The Kier molecular flexibility index (Phi) is 3.46. The second-order valence-electron chi connectivity index (χ2n) is 6.38. The average molecular weight is 332 g/mol. The van der Waals surface area contributed by atoms with Crippen molar-refractivity contribution >= 4 is 21.5 Å². The van der Waals surface area contributed by atoms with E-state index in [9.17, 15) is 0 Å². The summed E-state index contributed by atoms with van der Waals surface area (Å²) in [5.74, 6) is 0. The molecule has 2 nitrogen and oxygen atoms in total. The van der Waals surface area contributed by atoms with Crippen LogP contribution < -0.4 is 0 Å². The Balaban J connectivity index is 1.70. The van der Waals surface area contributed by atoms with Crippen LogP contribution in [0, 0.1) is 0 Å². The molecule has 0 aliphatic carbocycles. The molecule has 5 aromatic rings. The molecule has 0 atom stereocenters. The number of hydrogen-bond acceptors (Lipinski definition) is 2. The summed E-state index contributed by atoms with van der Waals surface area (Å²) in [6, 6.07) is 29.2. The molecule has 2 heterocycles. The first-order valence-electron chi connectivity index (χ1n) is 8.68. The van der Waals surface area contributed by atoms with E-state index < -0.39 is 0 Å². The summed E-state index contributed by atoms with van der Waals surface area (Å²) in [4.78, 5) is 9.40. The van der Waals surface area contributed by atoms with E-state index in [0.29, 0.717) is 0 Å². The van der Waals surface area contributed by atoms with Crippen LogP contribution in [0.2, 0.25) is 0 Å². The Morgan fingerprint density at radius 2 is 0.808 bits per heavy atom. The SMILES string of the molecule is c1ccc(-c2cc3ccccc3cn2)c(-c2cc3ccccc3cn2)c1. The molecule has 0 fully saturated rings. The zero-order valence-corrected chi connectivity index (χ0v) is 14.1. The van der Waals surface area contributed by atoms with E-state index in [2.05, 4.69) is 72.8 Å². The smallest absolute Gasteiger partial charge is 0.0715 e. The predicted octanol–water partition coefficient (Wildman–Crippen LogP) is 6.12. The topological polar surface area (TPSA) is 25.8 Å². The van der Waals surface area contributed by atoms with Gasteiger partial charge in [0, 0.05) is 34.3 Å². The van der Waals surface area contributed by atoms with Crippen molar-refractivity contribution in [1.29, 1.82) is 0 Å². The number of fused-ring (bicyclic) bond motifs is 2. The van der Waals surface area contributed by atoms with Gasteiger partial charge in [0.1, 0.15) is 0 Å². The van der Waals surface area contributed by atoms with Crippen LogP contribution in [0.15, 0.2) is 97.3 Å². The van der Waals surface area contributed by atoms with Gasteiger partial charge in [0.25, 0.3) is 0 Å². The van der Waals surface area contributed by atoms with E-state index in [4.69, 9.17) is 9.97 Å². The summed E-state index contributed by atoms with van der Waals surface area (Å²) in [7, 11) is 0. The van der Waals surface area contributed by atoms with Gasteiger partial charge in [0.05, 0.1) is 11.4 Å². The van der Waals surface area contributed by atoms with Gasteiger partial charge in [-0.3, -0.25) is 9.97 Å². The summed E-state index contributed by atoms with van der Waals surface area (Å²) in [6.45, 7) is 0. The van der Waals surface area contributed by atoms with Crippen LogP contribution in [-0.4, -0.2) is 9.97 Å². The van der Waals surface area contributed by atoms with E-state index in [1.807, 2.05) is 24.5 Å². The maximum atomic E-state index is 4.70. The van der Waals surface area contributed by atoms with Crippen molar-refractivity contribution in [3.05, 3.63) is 97.3 Å². The molecule has 0 saturated heterocycles. The first kappa shape index (κ1) is 14.8. The zero-order chi connectivity index (χ0) is 17.3. The van der Waals surface area contributed by atoms with Gasteiger partial charge in [-0.25, -0.2) is 0 Å². The molecule has 0 N–H and O–H groups in total. The molecule has 0 saturated carbocycles. The largest absolute Gasteiger partial charge is 0.256 e. The van der Waals surface area contributed by atoms with Crippen LogP contribution in [0.3, 0.4) is 0 Å². The van der Waals surface area contributed by atoms with Crippen molar-refractivity contribution in [3.8, 4) is 22.5 Å². The maximum Gasteiger partial charge on any atom is 0.0715 e. The van der Waals surface area contributed by atoms with Gasteiger partial charge in [-0.15, -0.1) is 0 Å². The number of pyridine rings is 2. The van der Waals surface area contributed by atoms with Crippen molar-refractivity contribution in [1.82, 2.24) is 9.97 Å². The molecule has 0 bridgehead atoms. The van der Waals surface area contributed by atoms with Gasteiger partial charge in [-0.2, -0.15) is 0 Å². The minimum absolute atomic E-state index is 0.967. The highest BCUT2D eigenvalue weighted by molar-refractivity contribution is 5.91. The fraction of sp³-hybridized carbons (Fsp3) is 0. The Hall–Kier alpha value is -3.52. The highest BCUT2D eigenvalue weighted by atomic mass is 14.7. The van der Waals surface area contributed by atoms with Gasteiger partial charge in [-0.1, -0.05) is 72.8 Å². The van der Waals surface area contributed by atoms with Crippen molar-refractivity contribution in [2.75, 3.05) is 0 Å². The van der Waals surface area contributed by atoms with Gasteiger partial charge in [0.15, 0.2) is 0 Å². The third-order valence-corrected chi connectivity index (χ3v) is 4.74. The van der Waals surface area contributed by atoms with E-state index in [1.54, 1.807) is 0 Å². The molecule has 0 amide bonds. The molecule has 0 aliphatic heterocycles. The molecular formula is C24H16N2. The van der Waals surface area contributed by atoms with Gasteiger partial charge < -0.3 is 0 Å². The normalized spacial score (nSPS) is 11.1. The summed E-state index contributed by atoms with van der Waals surface area (Å²) in [5.41, 5.74) is 4.13. The highest BCUT2D eigenvalue weighted by Crippen LogP contribution is 2.32. The third-order valence-electron chi connectivity index (χ3n) is 4.74. The van der Waals surface area contributed by atoms with E-state index in [1.165, 1.54) is 10.8 Å². The number of nitrogens with zero attached hydrogens (tertiary/aromatic N) is 2. The number of aromatic nitrogens is 2. The number of rotatable bonds is 2. The van der Waals surface area contributed by atoms with Gasteiger partial charge in [0.2, 0.25) is 0 Å². The van der Waals surface area contributed by atoms with E-state index >= 15 is 0 Å². The van der Waals surface area contributed by atoms with Gasteiger partial charge in [-0.05, 0) is 22.9 Å². The van der Waals surface area contributed by atoms with Crippen molar-refractivity contribution in [2.24, 2.45) is 0 Å². The Morgan fingerprint density at radius 1 is 0.423 bits per heavy atom. The molecule has 0 radical (unpaired) electrons. The second kappa shape index (κ2) is 6.08. The van der Waals surface area contributed by atoms with Gasteiger partial charge >= 0.3 is 0 Å². The molecule has 0 spiro atoms. The minimum atomic E-state index is 0.967. The second-order valence-corrected chi connectivity index (χ2v) is 6.38. The van der Waals surface area contributed by atoms with Crippen LogP contribution in [0.1, 0.15) is 0 Å². The highest BCUT2D eigenvalue weighted by Gasteiger charge is 2.10. The molecule has 5 rings (SSSR count). The Bertz CT molecular complexity index is 1140. The molecule has 0 aliphatic rings. The average Bonchev–Trinajstić information content (AvgIpc) is 2.73. The van der Waals surface area contributed by atoms with Crippen molar-refractivity contribution in [2.45, 2.75) is 0 Å². The fourth-order valence-electron chi connectivity index (χ4n) is 3.39. The monoisotopic (exact) mass is 332 g/mol. The molecule has 0 unspecified atom stereocenters. The standard InChI is InChI=1S/C24H16N2/c1-3-9-19-15-25-23(13-17(19)7-1)21-11-5-6-12-22(21)24-14-18-8-2-4-10-20(18)16-26-24/h1-16H. The van der Waals surface area contributed by atoms with Crippen LogP contribution >= 0.6 is 0 Å². The predicted molar refractivity (Wildman–Crippen MR) is 108 cm³/mol. The molecule has 2 heteroatoms. The van der Waals surface area contributed by atoms with E-state index in [-0.39, 0.29) is 0 Å². The lowest BCUT2D eigenvalue weighted by Crippen LogP contribution is -1.90. The number of benzene rings is 3. The lowest BCUT2D eigenvalue weighted by atomic mass is 9.98. The lowest BCUT2D eigenvalue weighted by Gasteiger charge is -2.10. The molecule has 26 heavy (non-hydrogen) atoms. The Labute approximate surface area is 151 Å². The Morgan fingerprint density at radius 3 is 1.27 bits per heavy atom. The third kappa shape index (κ3) is 2.52. The maximum absolute atomic E-state index is 4.70. The van der Waals surface area contributed by atoms with Crippen molar-refractivity contribution in [3.63, 3.8) is 0 Å². The first-order chi connectivity index (χ1) is 12.9. The molecule has 122 valence electrons. The molecular weight excluding hydrogens is 316 g/mol. The molecule has 3 aromatic carbocycles. The molecule has 2 aromatic heterocycles. The van der Waals surface area contributed by atoms with Crippen LogP contribution in [0.5, 0.6) is 0 Å². The fourth-order valence-corrected chi connectivity index (χ4v) is 3.39. The minimum Gasteiger partial charge on any atom is -0.256 e. The summed E-state index contributed by atoms with van der Waals surface area (Å²) in [5, 5.41) is 4.69. The van der Waals surface area contributed by atoms with Crippen molar-refractivity contribution < 1.29 is 0 Å². The number of hydrogen-bond donors (Lipinski definition) is 0. The quantitative estimate of drug-likeness (QED) is 0.389. The zero-order valence-electron chi connectivity index (χ0n) is 14.1. The summed E-state index contributed by atoms with van der Waals surface area (Å²) < 4.78 is 0. The lowest BCUT2D eigenvalue weighted by molar-refractivity contribution is 1.33. The van der Waals surface area contributed by atoms with E-state index in [0.717, 1.165) is 33.3 Å². The van der Waals surface area contributed by atoms with Crippen LogP contribution in [0.4, 0.5) is 0 Å². The summed E-state index contributed by atoms with van der Waals surface area (Å²) in [6.07, 6.45) is 3.88. The first-order valence-corrected chi connectivity index (χ1v) is 8.68.